The van der Waals surface area contributed by atoms with Crippen LogP contribution in [0.1, 0.15) is 39.3 Å². The zero-order chi connectivity index (χ0) is 17.7. The van der Waals surface area contributed by atoms with Crippen LogP contribution in [0.2, 0.25) is 0 Å². The average Bonchev–Trinajstić information content (AvgIpc) is 2.56. The smallest absolute Gasteiger partial charge is 0.253 e. The molecular weight excluding hydrogens is 322 g/mol. The van der Waals surface area contributed by atoms with Gasteiger partial charge in [0.05, 0.1) is 18.2 Å². The van der Waals surface area contributed by atoms with Crippen LogP contribution in [0.3, 0.4) is 0 Å². The third-order valence-electron chi connectivity index (χ3n) is 4.08. The van der Waals surface area contributed by atoms with Crippen molar-refractivity contribution in [1.29, 1.82) is 0 Å². The van der Waals surface area contributed by atoms with E-state index in [4.69, 9.17) is 17.0 Å². The van der Waals surface area contributed by atoms with Crippen LogP contribution >= 0.6 is 12.2 Å². The summed E-state index contributed by atoms with van der Waals surface area (Å²) in [5, 5.41) is 6.82. The first-order valence-electron chi connectivity index (χ1n) is 8.32. The second kappa shape index (κ2) is 8.15. The zero-order valence-corrected chi connectivity index (χ0v) is 15.5. The molecule has 0 saturated heterocycles. The number of ether oxygens (including phenoxy) is 1. The number of rotatable bonds is 6. The van der Waals surface area contributed by atoms with Crippen molar-refractivity contribution in [2.75, 3.05) is 19.7 Å². The molecule has 1 amide bonds. The number of nitrogens with one attached hydrogen (secondary N) is 2. The summed E-state index contributed by atoms with van der Waals surface area (Å²) in [5.74, 6) is 0.774. The van der Waals surface area contributed by atoms with Crippen LogP contribution < -0.4 is 15.4 Å². The second-order valence-corrected chi connectivity index (χ2v) is 5.93. The predicted octanol–water partition coefficient (Wildman–Crippen LogP) is 2.75. The van der Waals surface area contributed by atoms with Crippen molar-refractivity contribution in [3.8, 4) is 5.75 Å². The van der Waals surface area contributed by atoms with E-state index in [0.717, 1.165) is 17.0 Å². The zero-order valence-electron chi connectivity index (χ0n) is 14.7. The number of likely N-dealkylation sites (N-methyl/N-ethyl adjacent to an activating group) is 1. The van der Waals surface area contributed by atoms with Crippen LogP contribution in [-0.4, -0.2) is 35.6 Å². The molecule has 5 nitrogen and oxygen atoms in total. The maximum Gasteiger partial charge on any atom is 0.253 e. The van der Waals surface area contributed by atoms with Crippen molar-refractivity contribution in [3.05, 3.63) is 41.1 Å². The van der Waals surface area contributed by atoms with Crippen LogP contribution in [-0.2, 0) is 4.79 Å². The Morgan fingerprint density at radius 2 is 1.92 bits per heavy atom. The summed E-state index contributed by atoms with van der Waals surface area (Å²) in [4.78, 5) is 14.8. The number of amides is 1. The van der Waals surface area contributed by atoms with E-state index in [0.29, 0.717) is 30.4 Å². The Balaban J connectivity index is 2.51. The van der Waals surface area contributed by atoms with E-state index in [9.17, 15) is 4.79 Å². The van der Waals surface area contributed by atoms with Crippen molar-refractivity contribution < 1.29 is 9.53 Å². The topological polar surface area (TPSA) is 53.6 Å². The van der Waals surface area contributed by atoms with E-state index < -0.39 is 0 Å². The Kier molecular flexibility index (Phi) is 6.20. The largest absolute Gasteiger partial charge is 0.494 e. The molecule has 1 atom stereocenters. The van der Waals surface area contributed by atoms with Gasteiger partial charge in [0, 0.05) is 24.4 Å². The van der Waals surface area contributed by atoms with Gasteiger partial charge in [0.2, 0.25) is 0 Å². The molecule has 0 bridgehead atoms. The highest BCUT2D eigenvalue weighted by molar-refractivity contribution is 7.80. The average molecular weight is 347 g/mol. The minimum Gasteiger partial charge on any atom is -0.494 e. The van der Waals surface area contributed by atoms with Gasteiger partial charge in [0.1, 0.15) is 5.75 Å². The lowest BCUT2D eigenvalue weighted by atomic mass is 9.93. The van der Waals surface area contributed by atoms with Crippen LogP contribution in [0.15, 0.2) is 35.5 Å². The van der Waals surface area contributed by atoms with Gasteiger partial charge in [-0.25, -0.2) is 0 Å². The van der Waals surface area contributed by atoms with Gasteiger partial charge in [0.15, 0.2) is 5.11 Å². The normalized spacial score (nSPS) is 17.2. The molecule has 1 aromatic carbocycles. The third-order valence-corrected chi connectivity index (χ3v) is 4.30. The highest BCUT2D eigenvalue weighted by Crippen LogP contribution is 2.33. The quantitative estimate of drug-likeness (QED) is 0.775. The summed E-state index contributed by atoms with van der Waals surface area (Å²) in [5.41, 5.74) is 2.38. The molecule has 130 valence electrons. The Hall–Kier alpha value is -2.08. The van der Waals surface area contributed by atoms with Crippen LogP contribution in [0.25, 0.3) is 0 Å². The van der Waals surface area contributed by atoms with E-state index in [1.165, 1.54) is 0 Å². The molecule has 1 aliphatic heterocycles. The van der Waals surface area contributed by atoms with Crippen LogP contribution in [0.5, 0.6) is 5.75 Å². The molecule has 2 N–H and O–H groups in total. The summed E-state index contributed by atoms with van der Waals surface area (Å²) in [6.45, 7) is 9.69. The van der Waals surface area contributed by atoms with Crippen molar-refractivity contribution >= 4 is 23.2 Å². The molecule has 24 heavy (non-hydrogen) atoms. The van der Waals surface area contributed by atoms with Crippen molar-refractivity contribution in [2.45, 2.75) is 33.7 Å². The number of hydrogen-bond donors (Lipinski definition) is 2. The van der Waals surface area contributed by atoms with Gasteiger partial charge in [-0.15, -0.1) is 0 Å². The van der Waals surface area contributed by atoms with Gasteiger partial charge < -0.3 is 20.3 Å². The van der Waals surface area contributed by atoms with Crippen LogP contribution in [0, 0.1) is 0 Å². The fourth-order valence-corrected chi connectivity index (χ4v) is 3.17. The van der Waals surface area contributed by atoms with Gasteiger partial charge in [0.25, 0.3) is 5.91 Å². The molecule has 0 aliphatic carbocycles. The predicted molar refractivity (Wildman–Crippen MR) is 99.8 cm³/mol. The fraction of sp³-hybridized carbons (Fsp3) is 0.444. The molecule has 0 saturated carbocycles. The Morgan fingerprint density at radius 1 is 1.25 bits per heavy atom. The van der Waals surface area contributed by atoms with Gasteiger partial charge in [-0.05, 0) is 46.0 Å². The van der Waals surface area contributed by atoms with E-state index >= 15 is 0 Å². The summed E-state index contributed by atoms with van der Waals surface area (Å²) >= 11 is 5.31. The lowest BCUT2D eigenvalue weighted by molar-refractivity contribution is -0.127. The number of hydrogen-bond acceptors (Lipinski definition) is 3. The molecule has 0 radical (unpaired) electrons. The van der Waals surface area contributed by atoms with Crippen molar-refractivity contribution in [3.63, 3.8) is 0 Å². The van der Waals surface area contributed by atoms with Gasteiger partial charge in [-0.2, -0.15) is 0 Å². The molecule has 0 spiro atoms. The monoisotopic (exact) mass is 347 g/mol. The Morgan fingerprint density at radius 3 is 2.54 bits per heavy atom. The first kappa shape index (κ1) is 18.3. The summed E-state index contributed by atoms with van der Waals surface area (Å²) in [6, 6.07) is 7.44. The van der Waals surface area contributed by atoms with Gasteiger partial charge in [-0.3, -0.25) is 4.79 Å². The molecule has 2 rings (SSSR count). The van der Waals surface area contributed by atoms with E-state index in [2.05, 4.69) is 10.6 Å². The Labute approximate surface area is 149 Å². The van der Waals surface area contributed by atoms with Crippen LogP contribution in [0.4, 0.5) is 0 Å². The molecule has 0 aromatic heterocycles. The fourth-order valence-electron chi connectivity index (χ4n) is 2.90. The first-order valence-corrected chi connectivity index (χ1v) is 8.73. The summed E-state index contributed by atoms with van der Waals surface area (Å²) in [6.07, 6.45) is 0. The number of carbonyl (C=O) groups is 1. The maximum atomic E-state index is 13.0. The van der Waals surface area contributed by atoms with E-state index in [-0.39, 0.29) is 11.9 Å². The standard InChI is InChI=1S/C18H25N3O2S/c1-5-21(6-2)17(22)15-12(4)19-18(24)20-16(15)13-10-8-9-11-14(13)23-7-3/h8-11,16H,5-7H2,1-4H3,(H2,19,20,24)/t16-/m1/s1. The highest BCUT2D eigenvalue weighted by atomic mass is 32.1. The number of carbonyl (C=O) groups excluding carboxylic acids is 1. The number of para-hydroxylation sites is 1. The molecule has 1 aliphatic rings. The summed E-state index contributed by atoms with van der Waals surface area (Å²) in [7, 11) is 0. The molecule has 1 aromatic rings. The van der Waals surface area contributed by atoms with Crippen molar-refractivity contribution in [2.24, 2.45) is 0 Å². The van der Waals surface area contributed by atoms with E-state index in [1.54, 1.807) is 0 Å². The lowest BCUT2D eigenvalue weighted by Crippen LogP contribution is -2.47. The second-order valence-electron chi connectivity index (χ2n) is 5.52. The number of thiocarbonyl (C=S) groups is 1. The lowest BCUT2D eigenvalue weighted by Gasteiger charge is -2.33. The number of nitrogens with zero attached hydrogens (tertiary/aromatic N) is 1. The Bertz CT molecular complexity index is 653. The summed E-state index contributed by atoms with van der Waals surface area (Å²) < 4.78 is 5.75. The van der Waals surface area contributed by atoms with Gasteiger partial charge >= 0.3 is 0 Å². The minimum atomic E-state index is -0.324. The van der Waals surface area contributed by atoms with Crippen molar-refractivity contribution in [1.82, 2.24) is 15.5 Å². The number of benzene rings is 1. The van der Waals surface area contributed by atoms with Gasteiger partial charge in [-0.1, -0.05) is 18.2 Å². The highest BCUT2D eigenvalue weighted by Gasteiger charge is 2.33. The minimum absolute atomic E-state index is 0.0105. The first-order chi connectivity index (χ1) is 11.5. The van der Waals surface area contributed by atoms with E-state index in [1.807, 2.05) is 56.9 Å². The molecule has 0 fully saturated rings. The SMILES string of the molecule is CCOc1ccccc1[C@H]1NC(=S)NC(C)=C1C(=O)N(CC)CC. The third kappa shape index (κ3) is 3.70. The molecule has 1 heterocycles. The molecule has 6 heteroatoms. The number of allylic oxidation sites excluding steroid dienone is 1. The maximum absolute atomic E-state index is 13.0. The molecule has 0 unspecified atom stereocenters. The molecular formula is C18H25N3O2S.